The fourth-order valence-electron chi connectivity index (χ4n) is 2.75. The Hall–Kier alpha value is -3.13. The number of nitrogens with zero attached hydrogens (tertiary/aromatic N) is 2. The van der Waals surface area contributed by atoms with E-state index in [4.69, 9.17) is 0 Å². The summed E-state index contributed by atoms with van der Waals surface area (Å²) in [6.07, 6.45) is 0. The minimum atomic E-state index is -0.853. The highest BCUT2D eigenvalue weighted by Crippen LogP contribution is 2.27. The predicted octanol–water partition coefficient (Wildman–Crippen LogP) is 4.05. The zero-order valence-electron chi connectivity index (χ0n) is 16.3. The van der Waals surface area contributed by atoms with Gasteiger partial charge in [0.15, 0.2) is 0 Å². The Morgan fingerprint density at radius 1 is 1.07 bits per heavy atom. The molecule has 6 nitrogen and oxygen atoms in total. The zero-order valence-corrected chi connectivity index (χ0v) is 17.1. The number of amides is 2. The molecule has 0 saturated heterocycles. The van der Waals surface area contributed by atoms with Crippen LogP contribution < -0.4 is 10.6 Å². The van der Waals surface area contributed by atoms with Gasteiger partial charge < -0.3 is 5.32 Å². The second-order valence-corrected chi connectivity index (χ2v) is 7.92. The average molecular weight is 412 g/mol. The third-order valence-corrected chi connectivity index (χ3v) is 5.16. The Kier molecular flexibility index (Phi) is 6.33. The van der Waals surface area contributed by atoms with Crippen molar-refractivity contribution >= 4 is 28.3 Å². The lowest BCUT2D eigenvalue weighted by Crippen LogP contribution is -2.47. The number of aryl methyl sites for hydroxylation is 1. The summed E-state index contributed by atoms with van der Waals surface area (Å²) in [4.78, 5) is 25.1. The van der Waals surface area contributed by atoms with Gasteiger partial charge in [-0.05, 0) is 31.0 Å². The molecular weight excluding hydrogens is 391 g/mol. The molecule has 1 unspecified atom stereocenters. The molecule has 0 aliphatic carbocycles. The first kappa shape index (κ1) is 20.6. The molecular formula is C21H21FN4O2S. The Labute approximate surface area is 172 Å². The van der Waals surface area contributed by atoms with Crippen LogP contribution in [0.5, 0.6) is 0 Å². The topological polar surface area (TPSA) is 84.0 Å². The third kappa shape index (κ3) is 5.03. The third-order valence-electron chi connectivity index (χ3n) is 4.27. The fourth-order valence-corrected chi connectivity index (χ4v) is 3.49. The van der Waals surface area contributed by atoms with Crippen molar-refractivity contribution in [1.82, 2.24) is 15.5 Å². The lowest BCUT2D eigenvalue weighted by molar-refractivity contribution is -0.118. The molecule has 0 aliphatic heterocycles. The molecule has 0 aliphatic rings. The van der Waals surface area contributed by atoms with Crippen LogP contribution in [0.2, 0.25) is 0 Å². The molecule has 150 valence electrons. The van der Waals surface area contributed by atoms with E-state index in [1.54, 1.807) is 19.9 Å². The summed E-state index contributed by atoms with van der Waals surface area (Å²) in [5.74, 6) is -1.93. The van der Waals surface area contributed by atoms with Crippen LogP contribution in [-0.4, -0.2) is 28.1 Å². The van der Waals surface area contributed by atoms with Crippen LogP contribution in [0.1, 0.15) is 29.8 Å². The van der Waals surface area contributed by atoms with E-state index in [0.29, 0.717) is 10.1 Å². The van der Waals surface area contributed by atoms with Gasteiger partial charge in [-0.3, -0.25) is 14.9 Å². The van der Waals surface area contributed by atoms with Crippen LogP contribution in [0.3, 0.4) is 0 Å². The molecule has 1 aromatic heterocycles. The maximum absolute atomic E-state index is 13.9. The SMILES string of the molecule is Cc1cccc(-c2nnc(NC(=O)C(NC(=O)c3ccccc3F)C(C)C)s2)c1. The van der Waals surface area contributed by atoms with Gasteiger partial charge in [0.25, 0.3) is 5.91 Å². The highest BCUT2D eigenvalue weighted by atomic mass is 32.1. The number of aromatic nitrogens is 2. The molecule has 2 N–H and O–H groups in total. The summed E-state index contributed by atoms with van der Waals surface area (Å²) in [6.45, 7) is 5.58. The van der Waals surface area contributed by atoms with Gasteiger partial charge in [-0.2, -0.15) is 0 Å². The number of halogens is 1. The van der Waals surface area contributed by atoms with Crippen LogP contribution in [0.25, 0.3) is 10.6 Å². The van der Waals surface area contributed by atoms with Gasteiger partial charge in [0.1, 0.15) is 16.9 Å². The van der Waals surface area contributed by atoms with E-state index >= 15 is 0 Å². The van der Waals surface area contributed by atoms with E-state index in [1.165, 1.54) is 29.5 Å². The number of hydrogen-bond donors (Lipinski definition) is 2. The van der Waals surface area contributed by atoms with Crippen molar-refractivity contribution in [3.63, 3.8) is 0 Å². The normalized spacial score (nSPS) is 11.9. The average Bonchev–Trinajstić information content (AvgIpc) is 3.14. The summed E-state index contributed by atoms with van der Waals surface area (Å²) in [5, 5.41) is 14.5. The number of rotatable bonds is 6. The monoisotopic (exact) mass is 412 g/mol. The highest BCUT2D eigenvalue weighted by Gasteiger charge is 2.26. The van der Waals surface area contributed by atoms with E-state index in [9.17, 15) is 14.0 Å². The van der Waals surface area contributed by atoms with E-state index in [-0.39, 0.29) is 11.5 Å². The van der Waals surface area contributed by atoms with Gasteiger partial charge in [-0.25, -0.2) is 4.39 Å². The minimum Gasteiger partial charge on any atom is -0.340 e. The summed E-state index contributed by atoms with van der Waals surface area (Å²) >= 11 is 1.24. The first-order valence-electron chi connectivity index (χ1n) is 9.12. The molecule has 2 aromatic carbocycles. The molecule has 0 radical (unpaired) electrons. The molecule has 8 heteroatoms. The molecule has 0 spiro atoms. The van der Waals surface area contributed by atoms with Crippen LogP contribution in [0, 0.1) is 18.7 Å². The van der Waals surface area contributed by atoms with E-state index in [1.807, 2.05) is 31.2 Å². The Morgan fingerprint density at radius 3 is 2.52 bits per heavy atom. The van der Waals surface area contributed by atoms with E-state index in [2.05, 4.69) is 20.8 Å². The van der Waals surface area contributed by atoms with Crippen molar-refractivity contribution in [2.24, 2.45) is 5.92 Å². The van der Waals surface area contributed by atoms with Gasteiger partial charge in [-0.1, -0.05) is 61.1 Å². The van der Waals surface area contributed by atoms with Crippen molar-refractivity contribution in [2.75, 3.05) is 5.32 Å². The smallest absolute Gasteiger partial charge is 0.254 e. The van der Waals surface area contributed by atoms with Crippen molar-refractivity contribution in [1.29, 1.82) is 0 Å². The van der Waals surface area contributed by atoms with Crippen molar-refractivity contribution < 1.29 is 14.0 Å². The summed E-state index contributed by atoms with van der Waals surface area (Å²) in [6, 6.07) is 12.6. The first-order valence-corrected chi connectivity index (χ1v) is 9.93. The molecule has 2 amide bonds. The molecule has 0 saturated carbocycles. The van der Waals surface area contributed by atoms with E-state index < -0.39 is 23.7 Å². The summed E-state index contributed by atoms with van der Waals surface area (Å²) in [7, 11) is 0. The molecule has 1 heterocycles. The predicted molar refractivity (Wildman–Crippen MR) is 111 cm³/mol. The summed E-state index contributed by atoms with van der Waals surface area (Å²) in [5.41, 5.74) is 1.90. The Bertz CT molecular complexity index is 1030. The molecule has 1 atom stereocenters. The lowest BCUT2D eigenvalue weighted by Gasteiger charge is -2.21. The number of carbonyl (C=O) groups is 2. The van der Waals surface area contributed by atoms with Crippen LogP contribution >= 0.6 is 11.3 Å². The van der Waals surface area contributed by atoms with Crippen LogP contribution in [0.15, 0.2) is 48.5 Å². The zero-order chi connectivity index (χ0) is 21.0. The van der Waals surface area contributed by atoms with Crippen molar-refractivity contribution in [2.45, 2.75) is 26.8 Å². The maximum Gasteiger partial charge on any atom is 0.254 e. The minimum absolute atomic E-state index is 0.108. The van der Waals surface area contributed by atoms with Gasteiger partial charge >= 0.3 is 0 Å². The quantitative estimate of drug-likeness (QED) is 0.640. The largest absolute Gasteiger partial charge is 0.340 e. The van der Waals surface area contributed by atoms with Crippen molar-refractivity contribution in [3.8, 4) is 10.6 Å². The van der Waals surface area contributed by atoms with Gasteiger partial charge in [-0.15, -0.1) is 10.2 Å². The number of carbonyl (C=O) groups excluding carboxylic acids is 2. The Morgan fingerprint density at radius 2 is 1.83 bits per heavy atom. The highest BCUT2D eigenvalue weighted by molar-refractivity contribution is 7.18. The summed E-state index contributed by atoms with van der Waals surface area (Å²) < 4.78 is 13.9. The van der Waals surface area contributed by atoms with Gasteiger partial charge in [0, 0.05) is 5.56 Å². The number of nitrogens with one attached hydrogen (secondary N) is 2. The maximum atomic E-state index is 13.9. The molecule has 0 fully saturated rings. The number of anilines is 1. The molecule has 0 bridgehead atoms. The molecule has 3 aromatic rings. The second-order valence-electron chi connectivity index (χ2n) is 6.95. The standard InChI is InChI=1S/C21H21FN4O2S/c1-12(2)17(23-18(27)15-9-4-5-10-16(15)22)19(28)24-21-26-25-20(29-21)14-8-6-7-13(3)11-14/h4-12,17H,1-3H3,(H,23,27)(H,24,26,28). The molecule has 3 rings (SSSR count). The van der Waals surface area contributed by atoms with Crippen molar-refractivity contribution in [3.05, 3.63) is 65.5 Å². The number of benzene rings is 2. The Balaban J connectivity index is 1.72. The van der Waals surface area contributed by atoms with E-state index in [0.717, 1.165) is 11.1 Å². The lowest BCUT2D eigenvalue weighted by atomic mass is 10.0. The fraction of sp³-hybridized carbons (Fsp3) is 0.238. The van der Waals surface area contributed by atoms with Gasteiger partial charge in [0.05, 0.1) is 5.56 Å². The van der Waals surface area contributed by atoms with Gasteiger partial charge in [0.2, 0.25) is 11.0 Å². The van der Waals surface area contributed by atoms with Crippen LogP contribution in [-0.2, 0) is 4.79 Å². The number of hydrogen-bond acceptors (Lipinski definition) is 5. The second kappa shape index (κ2) is 8.91. The van der Waals surface area contributed by atoms with Crippen LogP contribution in [0.4, 0.5) is 9.52 Å². The molecule has 29 heavy (non-hydrogen) atoms. The first-order chi connectivity index (χ1) is 13.8.